The van der Waals surface area contributed by atoms with Gasteiger partial charge in [-0.3, -0.25) is 4.79 Å². The maximum Gasteiger partial charge on any atom is 0.256 e. The van der Waals surface area contributed by atoms with E-state index in [1.54, 1.807) is 27.0 Å². The molecular formula is C13H20N2O2. The van der Waals surface area contributed by atoms with Gasteiger partial charge in [0, 0.05) is 19.3 Å². The molecule has 0 aromatic heterocycles. The van der Waals surface area contributed by atoms with Crippen LogP contribution in [-0.4, -0.2) is 35.1 Å². The second-order valence-corrected chi connectivity index (χ2v) is 5.01. The first-order valence-corrected chi connectivity index (χ1v) is 5.55. The standard InChI is InChI=1S/C13H20N2O2/c1-9-6-5-7-10(14)11(9)12(16)15(4)8-13(2,3)17/h5-7,17H,8,14H2,1-4H3. The second kappa shape index (κ2) is 4.75. The van der Waals surface area contributed by atoms with Crippen molar-refractivity contribution in [2.24, 2.45) is 0 Å². The van der Waals surface area contributed by atoms with Gasteiger partial charge < -0.3 is 15.7 Å². The molecule has 94 valence electrons. The largest absolute Gasteiger partial charge is 0.398 e. The molecular weight excluding hydrogens is 216 g/mol. The lowest BCUT2D eigenvalue weighted by Crippen LogP contribution is -2.40. The molecule has 4 heteroatoms. The van der Waals surface area contributed by atoms with Crippen LogP contribution < -0.4 is 5.73 Å². The lowest BCUT2D eigenvalue weighted by molar-refractivity contribution is 0.0368. The van der Waals surface area contributed by atoms with E-state index >= 15 is 0 Å². The molecule has 0 atom stereocenters. The molecule has 1 rings (SSSR count). The molecule has 1 aromatic carbocycles. The third-order valence-corrected chi connectivity index (χ3v) is 2.49. The van der Waals surface area contributed by atoms with E-state index < -0.39 is 5.60 Å². The molecule has 0 aliphatic heterocycles. The number of amides is 1. The molecule has 0 aliphatic rings. The Kier molecular flexibility index (Phi) is 3.78. The van der Waals surface area contributed by atoms with E-state index in [-0.39, 0.29) is 12.5 Å². The second-order valence-electron chi connectivity index (χ2n) is 5.01. The fourth-order valence-electron chi connectivity index (χ4n) is 1.83. The van der Waals surface area contributed by atoms with E-state index in [9.17, 15) is 9.90 Å². The summed E-state index contributed by atoms with van der Waals surface area (Å²) in [4.78, 5) is 13.7. The van der Waals surface area contributed by atoms with Gasteiger partial charge in [0.15, 0.2) is 0 Å². The van der Waals surface area contributed by atoms with E-state index in [1.165, 1.54) is 4.90 Å². The Hall–Kier alpha value is -1.55. The van der Waals surface area contributed by atoms with Crippen molar-refractivity contribution >= 4 is 11.6 Å². The lowest BCUT2D eigenvalue weighted by Gasteiger charge is -2.26. The summed E-state index contributed by atoms with van der Waals surface area (Å²) in [6, 6.07) is 5.37. The van der Waals surface area contributed by atoms with Crippen molar-refractivity contribution in [3.8, 4) is 0 Å². The quantitative estimate of drug-likeness (QED) is 0.780. The Morgan fingerprint density at radius 2 is 2.06 bits per heavy atom. The third-order valence-electron chi connectivity index (χ3n) is 2.49. The molecule has 0 aliphatic carbocycles. The first-order chi connectivity index (χ1) is 7.72. The number of rotatable bonds is 3. The summed E-state index contributed by atoms with van der Waals surface area (Å²) in [5.74, 6) is -0.164. The van der Waals surface area contributed by atoms with Gasteiger partial charge in [0.2, 0.25) is 0 Å². The molecule has 0 spiro atoms. The average molecular weight is 236 g/mol. The summed E-state index contributed by atoms with van der Waals surface area (Å²) in [6.07, 6.45) is 0. The fourth-order valence-corrected chi connectivity index (χ4v) is 1.83. The summed E-state index contributed by atoms with van der Waals surface area (Å²) >= 11 is 0. The van der Waals surface area contributed by atoms with Crippen molar-refractivity contribution in [3.63, 3.8) is 0 Å². The van der Waals surface area contributed by atoms with Gasteiger partial charge >= 0.3 is 0 Å². The van der Waals surface area contributed by atoms with Crippen molar-refractivity contribution in [3.05, 3.63) is 29.3 Å². The molecule has 3 N–H and O–H groups in total. The molecule has 1 aromatic rings. The van der Waals surface area contributed by atoms with Gasteiger partial charge in [-0.25, -0.2) is 0 Å². The Labute approximate surface area is 102 Å². The van der Waals surface area contributed by atoms with Crippen LogP contribution in [0.1, 0.15) is 29.8 Å². The predicted molar refractivity (Wildman–Crippen MR) is 68.8 cm³/mol. The van der Waals surface area contributed by atoms with E-state index in [0.29, 0.717) is 11.3 Å². The van der Waals surface area contributed by atoms with Crippen molar-refractivity contribution in [2.75, 3.05) is 19.3 Å². The molecule has 0 unspecified atom stereocenters. The van der Waals surface area contributed by atoms with Gasteiger partial charge in [-0.05, 0) is 32.4 Å². The summed E-state index contributed by atoms with van der Waals surface area (Å²) in [6.45, 7) is 5.44. The van der Waals surface area contributed by atoms with E-state index in [1.807, 2.05) is 19.1 Å². The minimum Gasteiger partial charge on any atom is -0.398 e. The van der Waals surface area contributed by atoms with Gasteiger partial charge in [-0.1, -0.05) is 12.1 Å². The molecule has 0 fully saturated rings. The van der Waals surface area contributed by atoms with Crippen LogP contribution in [-0.2, 0) is 0 Å². The zero-order valence-electron chi connectivity index (χ0n) is 10.8. The van der Waals surface area contributed by atoms with Crippen LogP contribution in [0.25, 0.3) is 0 Å². The van der Waals surface area contributed by atoms with Crippen molar-refractivity contribution in [2.45, 2.75) is 26.4 Å². The molecule has 0 saturated carbocycles. The van der Waals surface area contributed by atoms with E-state index in [4.69, 9.17) is 5.73 Å². The van der Waals surface area contributed by atoms with Gasteiger partial charge in [-0.15, -0.1) is 0 Å². The molecule has 0 radical (unpaired) electrons. The zero-order valence-corrected chi connectivity index (χ0v) is 10.8. The zero-order chi connectivity index (χ0) is 13.2. The van der Waals surface area contributed by atoms with Gasteiger partial charge in [-0.2, -0.15) is 0 Å². The number of anilines is 1. The monoisotopic (exact) mass is 236 g/mol. The lowest BCUT2D eigenvalue weighted by atomic mass is 10.0. The number of aryl methyl sites for hydroxylation is 1. The maximum absolute atomic E-state index is 12.2. The summed E-state index contributed by atoms with van der Waals surface area (Å²) in [5.41, 5.74) is 6.73. The summed E-state index contributed by atoms with van der Waals surface area (Å²) in [7, 11) is 1.66. The highest BCUT2D eigenvalue weighted by Crippen LogP contribution is 2.18. The van der Waals surface area contributed by atoms with E-state index in [2.05, 4.69) is 0 Å². The van der Waals surface area contributed by atoms with Crippen LogP contribution >= 0.6 is 0 Å². The van der Waals surface area contributed by atoms with Crippen LogP contribution in [0.3, 0.4) is 0 Å². The number of benzene rings is 1. The number of nitrogens with two attached hydrogens (primary N) is 1. The molecule has 0 heterocycles. The first-order valence-electron chi connectivity index (χ1n) is 5.55. The fraction of sp³-hybridized carbons (Fsp3) is 0.462. The van der Waals surface area contributed by atoms with Gasteiger partial charge in [0.05, 0.1) is 11.2 Å². The molecule has 17 heavy (non-hydrogen) atoms. The number of carbonyl (C=O) groups is 1. The topological polar surface area (TPSA) is 66.6 Å². The number of likely N-dealkylation sites (N-methyl/N-ethyl adjacent to an activating group) is 1. The minimum atomic E-state index is -0.915. The van der Waals surface area contributed by atoms with Crippen LogP contribution in [0.4, 0.5) is 5.69 Å². The van der Waals surface area contributed by atoms with E-state index in [0.717, 1.165) is 5.56 Å². The molecule has 4 nitrogen and oxygen atoms in total. The van der Waals surface area contributed by atoms with Crippen molar-refractivity contribution < 1.29 is 9.90 Å². The number of aliphatic hydroxyl groups is 1. The number of carbonyl (C=O) groups excluding carboxylic acids is 1. The Balaban J connectivity index is 2.97. The van der Waals surface area contributed by atoms with Gasteiger partial charge in [0.25, 0.3) is 5.91 Å². The van der Waals surface area contributed by atoms with Crippen molar-refractivity contribution in [1.29, 1.82) is 0 Å². The normalized spacial score (nSPS) is 11.4. The Morgan fingerprint density at radius 3 is 2.53 bits per heavy atom. The number of nitrogens with zero attached hydrogens (tertiary/aromatic N) is 1. The third kappa shape index (κ3) is 3.46. The highest BCUT2D eigenvalue weighted by Gasteiger charge is 2.22. The summed E-state index contributed by atoms with van der Waals surface area (Å²) < 4.78 is 0. The number of hydrogen-bond donors (Lipinski definition) is 2. The molecule has 0 bridgehead atoms. The maximum atomic E-state index is 12.2. The number of hydrogen-bond acceptors (Lipinski definition) is 3. The minimum absolute atomic E-state index is 0.164. The smallest absolute Gasteiger partial charge is 0.256 e. The predicted octanol–water partition coefficient (Wildman–Crippen LogP) is 1.42. The molecule has 1 amide bonds. The van der Waals surface area contributed by atoms with Crippen LogP contribution in [0.2, 0.25) is 0 Å². The Morgan fingerprint density at radius 1 is 1.47 bits per heavy atom. The number of nitrogen functional groups attached to an aromatic ring is 1. The van der Waals surface area contributed by atoms with Gasteiger partial charge in [0.1, 0.15) is 0 Å². The van der Waals surface area contributed by atoms with Crippen LogP contribution in [0.5, 0.6) is 0 Å². The van der Waals surface area contributed by atoms with Crippen LogP contribution in [0.15, 0.2) is 18.2 Å². The van der Waals surface area contributed by atoms with Crippen LogP contribution in [0, 0.1) is 6.92 Å². The SMILES string of the molecule is Cc1cccc(N)c1C(=O)N(C)CC(C)(C)O. The Bertz CT molecular complexity index is 402. The highest BCUT2D eigenvalue weighted by molar-refractivity contribution is 6.00. The highest BCUT2D eigenvalue weighted by atomic mass is 16.3. The summed E-state index contributed by atoms with van der Waals surface area (Å²) in [5, 5.41) is 9.70. The molecule has 0 saturated heterocycles. The van der Waals surface area contributed by atoms with Crippen molar-refractivity contribution in [1.82, 2.24) is 4.90 Å². The average Bonchev–Trinajstić information content (AvgIpc) is 2.14. The first kappa shape index (κ1) is 13.5.